The minimum atomic E-state index is -1.11. The summed E-state index contributed by atoms with van der Waals surface area (Å²) < 4.78 is 10.7. The number of carbonyl (C=O) groups excluding carboxylic acids is 3. The van der Waals surface area contributed by atoms with Crippen molar-refractivity contribution in [2.24, 2.45) is 11.8 Å². The normalized spacial score (nSPS) is 17.0. The molecule has 3 rings (SSSR count). The highest BCUT2D eigenvalue weighted by atomic mass is 35.5. The quantitative estimate of drug-likeness (QED) is 0.168. The molecule has 0 bridgehead atoms. The van der Waals surface area contributed by atoms with Crippen LogP contribution in [0.4, 0.5) is 4.79 Å². The molecule has 1 heterocycles. The standard InChI is InChI=1S/C38H57ClN4O6/c1-7-26(2)34(36(46)43-19-16-31(17-20-43)40-18-21-48-6)42-35(45)29(22-28-14-11-15-30(39)23-28)25-33(44)32(24-27-12-9-8-10-13-27)41-37(47)49-38(3,4)5/h8-15,23,26,29,31-34,40,44H,7,16-22,24-25H2,1-6H3,(H,41,47)(H,42,45)/t26-,29-,32+,33-,34-/m0/s1. The summed E-state index contributed by atoms with van der Waals surface area (Å²) in [7, 11) is 1.68. The second-order valence-corrected chi connectivity index (χ2v) is 14.6. The molecule has 0 unspecified atom stereocenters. The Bertz CT molecular complexity index is 1310. The Morgan fingerprint density at radius 1 is 1.00 bits per heavy atom. The van der Waals surface area contributed by atoms with Gasteiger partial charge in [0.1, 0.15) is 11.6 Å². The highest BCUT2D eigenvalue weighted by Gasteiger charge is 2.35. The molecule has 0 saturated carbocycles. The first-order chi connectivity index (χ1) is 23.3. The van der Waals surface area contributed by atoms with Gasteiger partial charge in [0.15, 0.2) is 0 Å². The summed E-state index contributed by atoms with van der Waals surface area (Å²) in [5.41, 5.74) is 1.02. The van der Waals surface area contributed by atoms with Gasteiger partial charge >= 0.3 is 6.09 Å². The van der Waals surface area contributed by atoms with Crippen molar-refractivity contribution in [1.29, 1.82) is 0 Å². The van der Waals surface area contributed by atoms with E-state index in [4.69, 9.17) is 21.1 Å². The molecule has 4 N–H and O–H groups in total. The number of methoxy groups -OCH3 is 1. The van der Waals surface area contributed by atoms with Gasteiger partial charge in [-0.1, -0.05) is 74.3 Å². The first-order valence-electron chi connectivity index (χ1n) is 17.6. The summed E-state index contributed by atoms with van der Waals surface area (Å²) in [5.74, 6) is -1.24. The Morgan fingerprint density at radius 2 is 1.67 bits per heavy atom. The maximum Gasteiger partial charge on any atom is 0.407 e. The maximum absolute atomic E-state index is 14.2. The predicted octanol–water partition coefficient (Wildman–Crippen LogP) is 5.14. The number of ether oxygens (including phenoxy) is 2. The molecule has 0 aromatic heterocycles. The smallest absolute Gasteiger partial charge is 0.407 e. The van der Waals surface area contributed by atoms with Crippen molar-refractivity contribution in [3.63, 3.8) is 0 Å². The summed E-state index contributed by atoms with van der Waals surface area (Å²) in [5, 5.41) is 21.7. The molecule has 1 aliphatic rings. The van der Waals surface area contributed by atoms with Gasteiger partial charge in [-0.2, -0.15) is 0 Å². The summed E-state index contributed by atoms with van der Waals surface area (Å²) in [6.07, 6.45) is 1.25. The third-order valence-corrected chi connectivity index (χ3v) is 9.29. The number of piperidine rings is 1. The number of hydrogen-bond acceptors (Lipinski definition) is 7. The van der Waals surface area contributed by atoms with Crippen LogP contribution >= 0.6 is 11.6 Å². The lowest BCUT2D eigenvalue weighted by atomic mass is 9.87. The number of nitrogens with zero attached hydrogens (tertiary/aromatic N) is 1. The number of halogens is 1. The Kier molecular flexibility index (Phi) is 16.3. The molecule has 3 amide bonds. The third-order valence-electron chi connectivity index (χ3n) is 9.06. The van der Waals surface area contributed by atoms with E-state index in [1.54, 1.807) is 40.0 Å². The zero-order valence-electron chi connectivity index (χ0n) is 30.0. The Hall–Kier alpha value is -3.18. The highest BCUT2D eigenvalue weighted by Crippen LogP contribution is 2.23. The molecule has 2 aromatic carbocycles. The van der Waals surface area contributed by atoms with Crippen molar-refractivity contribution in [2.75, 3.05) is 33.4 Å². The van der Waals surface area contributed by atoms with Crippen LogP contribution in [0.25, 0.3) is 0 Å². The summed E-state index contributed by atoms with van der Waals surface area (Å²) >= 11 is 6.31. The van der Waals surface area contributed by atoms with E-state index in [2.05, 4.69) is 16.0 Å². The number of carbonyl (C=O) groups is 3. The zero-order chi connectivity index (χ0) is 36.0. The maximum atomic E-state index is 14.2. The molecule has 10 nitrogen and oxygen atoms in total. The first-order valence-corrected chi connectivity index (χ1v) is 17.9. The number of amides is 3. The number of rotatable bonds is 17. The van der Waals surface area contributed by atoms with Crippen LogP contribution in [0.2, 0.25) is 5.02 Å². The summed E-state index contributed by atoms with van der Waals surface area (Å²) in [6, 6.07) is 15.7. The van der Waals surface area contributed by atoms with Gasteiger partial charge in [-0.15, -0.1) is 0 Å². The van der Waals surface area contributed by atoms with E-state index in [9.17, 15) is 19.5 Å². The third kappa shape index (κ3) is 13.9. The molecule has 2 aromatic rings. The van der Waals surface area contributed by atoms with Crippen molar-refractivity contribution in [2.45, 2.75) is 103 Å². The lowest BCUT2D eigenvalue weighted by Crippen LogP contribution is -2.56. The van der Waals surface area contributed by atoms with Crippen molar-refractivity contribution in [3.8, 4) is 0 Å². The lowest BCUT2D eigenvalue weighted by Gasteiger charge is -2.36. The number of nitrogens with one attached hydrogen (secondary N) is 3. The number of hydrogen-bond donors (Lipinski definition) is 4. The van der Waals surface area contributed by atoms with Crippen LogP contribution in [0.1, 0.15) is 71.4 Å². The van der Waals surface area contributed by atoms with Gasteiger partial charge in [-0.25, -0.2) is 4.79 Å². The predicted molar refractivity (Wildman–Crippen MR) is 193 cm³/mol. The van der Waals surface area contributed by atoms with Gasteiger partial charge in [0, 0.05) is 43.7 Å². The van der Waals surface area contributed by atoms with Crippen molar-refractivity contribution >= 4 is 29.5 Å². The van der Waals surface area contributed by atoms with E-state index in [1.807, 2.05) is 61.2 Å². The molecule has 1 fully saturated rings. The number of benzene rings is 2. The van der Waals surface area contributed by atoms with Crippen molar-refractivity contribution < 1.29 is 29.0 Å². The molecule has 0 spiro atoms. The van der Waals surface area contributed by atoms with Crippen molar-refractivity contribution in [3.05, 3.63) is 70.7 Å². The minimum absolute atomic E-state index is 0.0333. The van der Waals surface area contributed by atoms with Crippen molar-refractivity contribution in [1.82, 2.24) is 20.9 Å². The Morgan fingerprint density at radius 3 is 2.29 bits per heavy atom. The van der Waals surface area contributed by atoms with Crippen LogP contribution in [0.15, 0.2) is 54.6 Å². The van der Waals surface area contributed by atoms with Crippen LogP contribution in [-0.2, 0) is 31.9 Å². The fourth-order valence-corrected chi connectivity index (χ4v) is 6.33. The molecular weight excluding hydrogens is 644 g/mol. The largest absolute Gasteiger partial charge is 0.444 e. The van der Waals surface area contributed by atoms with Crippen LogP contribution < -0.4 is 16.0 Å². The summed E-state index contributed by atoms with van der Waals surface area (Å²) in [6.45, 7) is 11.9. The zero-order valence-corrected chi connectivity index (χ0v) is 30.8. The van der Waals surface area contributed by atoms with Crippen LogP contribution in [0.5, 0.6) is 0 Å². The number of aliphatic hydroxyl groups excluding tert-OH is 1. The van der Waals surface area contributed by atoms with Gasteiger partial charge in [0.25, 0.3) is 0 Å². The van der Waals surface area contributed by atoms with Crippen LogP contribution in [-0.4, -0.2) is 91.1 Å². The fourth-order valence-electron chi connectivity index (χ4n) is 6.12. The molecule has 49 heavy (non-hydrogen) atoms. The second kappa shape index (κ2) is 19.9. The molecule has 11 heteroatoms. The van der Waals surface area contributed by atoms with Gasteiger partial charge in [-0.3, -0.25) is 9.59 Å². The molecule has 1 aliphatic heterocycles. The van der Waals surface area contributed by atoms with Gasteiger partial charge in [0.2, 0.25) is 11.8 Å². The van der Waals surface area contributed by atoms with Gasteiger partial charge in [-0.05, 0) is 82.1 Å². The molecule has 0 aliphatic carbocycles. The molecule has 1 saturated heterocycles. The van der Waals surface area contributed by atoms with Crippen LogP contribution in [0, 0.1) is 11.8 Å². The average Bonchev–Trinajstić information content (AvgIpc) is 3.06. The highest BCUT2D eigenvalue weighted by molar-refractivity contribution is 6.30. The van der Waals surface area contributed by atoms with Crippen LogP contribution in [0.3, 0.4) is 0 Å². The fraction of sp³-hybridized carbons (Fsp3) is 0.605. The molecule has 5 atom stereocenters. The lowest BCUT2D eigenvalue weighted by molar-refractivity contribution is -0.140. The minimum Gasteiger partial charge on any atom is -0.444 e. The topological polar surface area (TPSA) is 129 Å². The number of aliphatic hydroxyl groups is 1. The SMILES string of the molecule is CC[C@H](C)[C@H](NC(=O)[C@@H](Cc1cccc(Cl)c1)C[C@H](O)[C@@H](Cc1ccccc1)NC(=O)OC(C)(C)C)C(=O)N1CCC(NCCOC)CC1. The number of alkyl carbamates (subject to hydrolysis) is 1. The van der Waals surface area contributed by atoms with E-state index < -0.39 is 35.8 Å². The average molecular weight is 701 g/mol. The van der Waals surface area contributed by atoms with Gasteiger partial charge < -0.3 is 35.4 Å². The number of likely N-dealkylation sites (tertiary alicyclic amines) is 1. The molecule has 0 radical (unpaired) electrons. The second-order valence-electron chi connectivity index (χ2n) is 14.2. The first kappa shape index (κ1) is 40.3. The molecular formula is C38H57ClN4O6. The Labute approximate surface area is 297 Å². The monoisotopic (exact) mass is 700 g/mol. The molecule has 272 valence electrons. The Balaban J connectivity index is 1.82. The van der Waals surface area contributed by atoms with E-state index in [1.165, 1.54) is 0 Å². The van der Waals surface area contributed by atoms with E-state index in [0.717, 1.165) is 30.5 Å². The van der Waals surface area contributed by atoms with E-state index in [-0.39, 0.29) is 30.6 Å². The summed E-state index contributed by atoms with van der Waals surface area (Å²) in [4.78, 5) is 42.9. The van der Waals surface area contributed by atoms with E-state index >= 15 is 0 Å². The van der Waals surface area contributed by atoms with E-state index in [0.29, 0.717) is 43.6 Å². The van der Waals surface area contributed by atoms with Gasteiger partial charge in [0.05, 0.1) is 18.8 Å².